The summed E-state index contributed by atoms with van der Waals surface area (Å²) in [7, 11) is 0. The predicted octanol–water partition coefficient (Wildman–Crippen LogP) is 1.75. The van der Waals surface area contributed by atoms with Crippen molar-refractivity contribution >= 4 is 12.0 Å². The summed E-state index contributed by atoms with van der Waals surface area (Å²) in [5, 5.41) is 13.3. The Kier molecular flexibility index (Phi) is 6.95. The number of carboxylic acids is 1. The van der Waals surface area contributed by atoms with Crippen LogP contribution in [0.4, 0.5) is 4.79 Å². The van der Waals surface area contributed by atoms with Gasteiger partial charge in [0.05, 0.1) is 6.42 Å². The van der Waals surface area contributed by atoms with Crippen LogP contribution < -0.4 is 15.4 Å². The van der Waals surface area contributed by atoms with Gasteiger partial charge in [0.25, 0.3) is 0 Å². The molecule has 0 saturated heterocycles. The molecule has 0 aliphatic heterocycles. The van der Waals surface area contributed by atoms with E-state index < -0.39 is 12.0 Å². The second kappa shape index (κ2) is 8.79. The second-order valence-corrected chi connectivity index (χ2v) is 4.26. The molecule has 0 aliphatic rings. The summed E-state index contributed by atoms with van der Waals surface area (Å²) >= 11 is 0. The molecule has 0 fully saturated rings. The molecule has 3 N–H and O–H groups in total. The average molecular weight is 280 g/mol. The van der Waals surface area contributed by atoms with E-state index in [1.807, 2.05) is 24.3 Å². The quantitative estimate of drug-likeness (QED) is 0.633. The van der Waals surface area contributed by atoms with Crippen LogP contribution >= 0.6 is 0 Å². The summed E-state index contributed by atoms with van der Waals surface area (Å²) < 4.78 is 5.35. The Morgan fingerprint density at radius 1 is 1.20 bits per heavy atom. The van der Waals surface area contributed by atoms with E-state index in [-0.39, 0.29) is 19.7 Å². The van der Waals surface area contributed by atoms with Gasteiger partial charge in [0.15, 0.2) is 6.73 Å². The molecule has 0 aliphatic carbocycles. The lowest BCUT2D eigenvalue weighted by molar-refractivity contribution is -0.136. The van der Waals surface area contributed by atoms with Crippen LogP contribution in [0.3, 0.4) is 0 Å². The number of aryl methyl sites for hydroxylation is 1. The molecule has 6 nitrogen and oxygen atoms in total. The zero-order chi connectivity index (χ0) is 14.8. The van der Waals surface area contributed by atoms with Crippen LogP contribution in [-0.4, -0.2) is 30.4 Å². The number of hydrogen-bond donors (Lipinski definition) is 3. The van der Waals surface area contributed by atoms with Crippen LogP contribution in [0.2, 0.25) is 0 Å². The minimum Gasteiger partial charge on any atom is -0.481 e. The molecule has 0 aromatic heterocycles. The van der Waals surface area contributed by atoms with Gasteiger partial charge in [0, 0.05) is 6.54 Å². The lowest BCUT2D eigenvalue weighted by Crippen LogP contribution is -2.38. The van der Waals surface area contributed by atoms with Gasteiger partial charge in [-0.2, -0.15) is 0 Å². The molecule has 2 amide bonds. The fraction of sp³-hybridized carbons (Fsp3) is 0.429. The van der Waals surface area contributed by atoms with Gasteiger partial charge in [0.2, 0.25) is 0 Å². The number of carboxylic acid groups (broad SMARTS) is 1. The second-order valence-electron chi connectivity index (χ2n) is 4.26. The third-order valence-electron chi connectivity index (χ3n) is 2.56. The Labute approximate surface area is 118 Å². The number of amides is 2. The third-order valence-corrected chi connectivity index (χ3v) is 2.56. The van der Waals surface area contributed by atoms with Crippen LogP contribution in [0.25, 0.3) is 0 Å². The molecule has 0 radical (unpaired) electrons. The summed E-state index contributed by atoms with van der Waals surface area (Å²) in [6.45, 7) is 2.25. The first kappa shape index (κ1) is 15.8. The summed E-state index contributed by atoms with van der Waals surface area (Å²) in [5.74, 6) is -0.274. The van der Waals surface area contributed by atoms with Crippen molar-refractivity contribution in [3.8, 4) is 5.75 Å². The van der Waals surface area contributed by atoms with Gasteiger partial charge in [-0.25, -0.2) is 4.79 Å². The van der Waals surface area contributed by atoms with Crippen LogP contribution in [0.5, 0.6) is 5.75 Å². The van der Waals surface area contributed by atoms with Crippen molar-refractivity contribution in [2.45, 2.75) is 26.2 Å². The Hall–Kier alpha value is -2.24. The number of hydrogen-bond acceptors (Lipinski definition) is 3. The first-order valence-corrected chi connectivity index (χ1v) is 6.57. The van der Waals surface area contributed by atoms with Crippen molar-refractivity contribution in [3.05, 3.63) is 29.8 Å². The normalized spacial score (nSPS) is 9.85. The van der Waals surface area contributed by atoms with Crippen molar-refractivity contribution < 1.29 is 19.4 Å². The molecule has 0 saturated carbocycles. The molecular weight excluding hydrogens is 260 g/mol. The number of aliphatic carboxylic acids is 1. The highest BCUT2D eigenvalue weighted by molar-refractivity contribution is 5.74. The Morgan fingerprint density at radius 3 is 2.50 bits per heavy atom. The first-order chi connectivity index (χ1) is 9.61. The maximum Gasteiger partial charge on any atom is 0.317 e. The van der Waals surface area contributed by atoms with E-state index in [0.29, 0.717) is 5.75 Å². The Balaban J connectivity index is 2.19. The maximum atomic E-state index is 11.3. The Morgan fingerprint density at radius 2 is 1.90 bits per heavy atom. The summed E-state index contributed by atoms with van der Waals surface area (Å²) in [6.07, 6.45) is 2.02. The number of rotatable bonds is 8. The number of urea groups is 1. The van der Waals surface area contributed by atoms with Gasteiger partial charge in [-0.1, -0.05) is 25.5 Å². The van der Waals surface area contributed by atoms with Gasteiger partial charge >= 0.3 is 12.0 Å². The SMILES string of the molecule is CCCc1ccc(OCNC(=O)NCCC(=O)O)cc1. The molecule has 1 rings (SSSR count). The molecule has 110 valence electrons. The molecule has 1 aromatic carbocycles. The van der Waals surface area contributed by atoms with E-state index in [2.05, 4.69) is 17.6 Å². The van der Waals surface area contributed by atoms with Gasteiger partial charge in [-0.15, -0.1) is 0 Å². The molecule has 0 spiro atoms. The number of benzene rings is 1. The fourth-order valence-electron chi connectivity index (χ4n) is 1.57. The van der Waals surface area contributed by atoms with Crippen LogP contribution in [0.1, 0.15) is 25.3 Å². The van der Waals surface area contributed by atoms with E-state index in [1.54, 1.807) is 0 Å². The van der Waals surface area contributed by atoms with E-state index in [1.165, 1.54) is 5.56 Å². The summed E-state index contributed by atoms with van der Waals surface area (Å²) in [6, 6.07) is 7.25. The van der Waals surface area contributed by atoms with Gasteiger partial charge < -0.3 is 20.5 Å². The van der Waals surface area contributed by atoms with Crippen LogP contribution in [-0.2, 0) is 11.2 Å². The van der Waals surface area contributed by atoms with E-state index >= 15 is 0 Å². The lowest BCUT2D eigenvalue weighted by atomic mass is 10.1. The average Bonchev–Trinajstić information content (AvgIpc) is 2.40. The van der Waals surface area contributed by atoms with Gasteiger partial charge in [-0.05, 0) is 24.1 Å². The molecule has 20 heavy (non-hydrogen) atoms. The van der Waals surface area contributed by atoms with Crippen molar-refractivity contribution in [3.63, 3.8) is 0 Å². The number of nitrogens with one attached hydrogen (secondary N) is 2. The smallest absolute Gasteiger partial charge is 0.317 e. The third kappa shape index (κ3) is 6.63. The molecule has 6 heteroatoms. The van der Waals surface area contributed by atoms with E-state index in [0.717, 1.165) is 12.8 Å². The predicted molar refractivity (Wildman–Crippen MR) is 74.7 cm³/mol. The number of ether oxygens (including phenoxy) is 1. The highest BCUT2D eigenvalue weighted by Gasteiger charge is 2.01. The largest absolute Gasteiger partial charge is 0.481 e. The first-order valence-electron chi connectivity index (χ1n) is 6.57. The molecular formula is C14H20N2O4. The molecule has 0 heterocycles. The van der Waals surface area contributed by atoms with Crippen LogP contribution in [0.15, 0.2) is 24.3 Å². The minimum atomic E-state index is -0.950. The van der Waals surface area contributed by atoms with Gasteiger partial charge in [0.1, 0.15) is 5.75 Å². The zero-order valence-electron chi connectivity index (χ0n) is 11.5. The monoisotopic (exact) mass is 280 g/mol. The van der Waals surface area contributed by atoms with Crippen molar-refractivity contribution in [2.75, 3.05) is 13.3 Å². The molecule has 1 aromatic rings. The molecule has 0 unspecified atom stereocenters. The van der Waals surface area contributed by atoms with Crippen molar-refractivity contribution in [2.24, 2.45) is 0 Å². The highest BCUT2D eigenvalue weighted by Crippen LogP contribution is 2.12. The van der Waals surface area contributed by atoms with Crippen LogP contribution in [0, 0.1) is 0 Å². The van der Waals surface area contributed by atoms with Crippen molar-refractivity contribution in [1.29, 1.82) is 0 Å². The van der Waals surface area contributed by atoms with E-state index in [9.17, 15) is 9.59 Å². The fourth-order valence-corrected chi connectivity index (χ4v) is 1.57. The standard InChI is InChI=1S/C14H20N2O4/c1-2-3-11-4-6-12(7-5-11)20-10-16-14(19)15-9-8-13(17)18/h4-7H,2-3,8-10H2,1H3,(H,17,18)(H2,15,16,19). The summed E-state index contributed by atoms with van der Waals surface area (Å²) in [5.41, 5.74) is 1.25. The zero-order valence-corrected chi connectivity index (χ0v) is 11.5. The topological polar surface area (TPSA) is 87.7 Å². The Bertz CT molecular complexity index is 431. The van der Waals surface area contributed by atoms with Gasteiger partial charge in [-0.3, -0.25) is 4.79 Å². The highest BCUT2D eigenvalue weighted by atomic mass is 16.5. The van der Waals surface area contributed by atoms with Crippen molar-refractivity contribution in [1.82, 2.24) is 10.6 Å². The van der Waals surface area contributed by atoms with E-state index in [4.69, 9.17) is 9.84 Å². The minimum absolute atomic E-state index is 0.0338. The molecule has 0 bridgehead atoms. The number of carbonyl (C=O) groups excluding carboxylic acids is 1. The lowest BCUT2D eigenvalue weighted by Gasteiger charge is -2.09. The number of carbonyl (C=O) groups is 2. The molecule has 0 atom stereocenters. The maximum absolute atomic E-state index is 11.3. The summed E-state index contributed by atoms with van der Waals surface area (Å²) in [4.78, 5) is 21.5.